The van der Waals surface area contributed by atoms with Gasteiger partial charge in [0.25, 0.3) is 0 Å². The fourth-order valence-electron chi connectivity index (χ4n) is 4.76. The van der Waals surface area contributed by atoms with E-state index in [1.807, 2.05) is 83.8 Å². The summed E-state index contributed by atoms with van der Waals surface area (Å²) >= 11 is 0. The van der Waals surface area contributed by atoms with Crippen molar-refractivity contribution in [3.8, 4) is 5.69 Å². The number of para-hydroxylation sites is 2. The molecule has 0 radical (unpaired) electrons. The van der Waals surface area contributed by atoms with Gasteiger partial charge in [0.05, 0.1) is 17.0 Å². The summed E-state index contributed by atoms with van der Waals surface area (Å²) < 4.78 is 2.04. The molecule has 1 amide bonds. The van der Waals surface area contributed by atoms with Crippen molar-refractivity contribution in [1.82, 2.24) is 14.5 Å². The minimum absolute atomic E-state index is 0.0213. The van der Waals surface area contributed by atoms with Gasteiger partial charge in [-0.25, -0.2) is 4.98 Å². The lowest BCUT2D eigenvalue weighted by molar-refractivity contribution is -0.117. The Morgan fingerprint density at radius 3 is 2.71 bits per heavy atom. The molecule has 35 heavy (non-hydrogen) atoms. The minimum Gasteiger partial charge on any atom is -0.384 e. The van der Waals surface area contributed by atoms with Crippen molar-refractivity contribution in [3.05, 3.63) is 90.4 Å². The summed E-state index contributed by atoms with van der Waals surface area (Å²) in [4.78, 5) is 21.3. The van der Waals surface area contributed by atoms with E-state index in [0.29, 0.717) is 11.5 Å². The summed E-state index contributed by atoms with van der Waals surface area (Å²) in [7, 11) is 0. The second-order valence-electron chi connectivity index (χ2n) is 9.29. The van der Waals surface area contributed by atoms with Crippen LogP contribution in [0.4, 0.5) is 5.69 Å². The summed E-state index contributed by atoms with van der Waals surface area (Å²) in [5.74, 6) is 0.291. The number of hydrogen-bond donors (Lipinski definition) is 4. The zero-order valence-electron chi connectivity index (χ0n) is 19.2. The van der Waals surface area contributed by atoms with Gasteiger partial charge in [0.1, 0.15) is 12.2 Å². The Bertz CT molecular complexity index is 1560. The topological polar surface area (TPSA) is 113 Å². The van der Waals surface area contributed by atoms with E-state index >= 15 is 0 Å². The standard InChI is InChI=1S/C28H26N6O/c29-27(30)18-7-12-24-21(14-18)23(15-31-24)22(13-17-5-6-17)28(35)33-19-8-10-20(11-9-19)34-16-32-25-3-1-2-4-26(25)34/h1-4,7-12,14-17,22,31H,5-6,13H2,(H3,29,30)(H,33,35). The van der Waals surface area contributed by atoms with E-state index in [2.05, 4.69) is 15.3 Å². The Morgan fingerprint density at radius 2 is 1.94 bits per heavy atom. The number of fused-ring (bicyclic) bond motifs is 2. The molecule has 5 N–H and O–H groups in total. The Hall–Kier alpha value is -4.39. The first-order valence-electron chi connectivity index (χ1n) is 11.9. The number of aromatic nitrogens is 3. The van der Waals surface area contributed by atoms with Gasteiger partial charge < -0.3 is 16.0 Å². The number of carbonyl (C=O) groups excluding carboxylic acids is 1. The first-order valence-corrected chi connectivity index (χ1v) is 11.9. The van der Waals surface area contributed by atoms with Crippen molar-refractivity contribution in [3.63, 3.8) is 0 Å². The highest BCUT2D eigenvalue weighted by molar-refractivity contribution is 6.02. The summed E-state index contributed by atoms with van der Waals surface area (Å²) in [6.07, 6.45) is 6.88. The molecular formula is C28H26N6O. The highest BCUT2D eigenvalue weighted by atomic mass is 16.1. The number of carbonyl (C=O) groups is 1. The van der Waals surface area contributed by atoms with Gasteiger partial charge in [0.15, 0.2) is 0 Å². The number of hydrogen-bond acceptors (Lipinski definition) is 3. The molecule has 0 spiro atoms. The zero-order valence-corrected chi connectivity index (χ0v) is 19.2. The summed E-state index contributed by atoms with van der Waals surface area (Å²) in [5.41, 5.74) is 12.0. The van der Waals surface area contributed by atoms with Gasteiger partial charge in [0, 0.05) is 34.0 Å². The number of imidazole rings is 1. The summed E-state index contributed by atoms with van der Waals surface area (Å²) in [5, 5.41) is 11.9. The van der Waals surface area contributed by atoms with Crippen LogP contribution in [0.25, 0.3) is 27.6 Å². The average Bonchev–Trinajstić information content (AvgIpc) is 3.44. The first-order chi connectivity index (χ1) is 17.1. The molecule has 174 valence electrons. The third-order valence-corrected chi connectivity index (χ3v) is 6.85. The molecule has 2 heterocycles. The molecule has 0 aliphatic heterocycles. The first kappa shape index (κ1) is 21.2. The van der Waals surface area contributed by atoms with Gasteiger partial charge in [0.2, 0.25) is 5.91 Å². The van der Waals surface area contributed by atoms with Crippen LogP contribution in [-0.4, -0.2) is 26.3 Å². The predicted octanol–water partition coefficient (Wildman–Crippen LogP) is 5.31. The van der Waals surface area contributed by atoms with Crippen LogP contribution < -0.4 is 11.1 Å². The van der Waals surface area contributed by atoms with Crippen molar-refractivity contribution < 1.29 is 4.79 Å². The third-order valence-electron chi connectivity index (χ3n) is 6.85. The normalized spacial score (nSPS) is 14.3. The quantitative estimate of drug-likeness (QED) is 0.194. The SMILES string of the molecule is N=C(N)c1ccc2[nH]cc(C(CC3CC3)C(=O)Nc3ccc(-n4cnc5ccccc54)cc3)c2c1. The maximum atomic E-state index is 13.5. The van der Waals surface area contributed by atoms with Crippen molar-refractivity contribution in [1.29, 1.82) is 5.41 Å². The molecule has 7 nitrogen and oxygen atoms in total. The van der Waals surface area contributed by atoms with E-state index in [1.54, 1.807) is 0 Å². The number of amides is 1. The van der Waals surface area contributed by atoms with E-state index in [0.717, 1.165) is 45.3 Å². The second-order valence-corrected chi connectivity index (χ2v) is 9.29. The summed E-state index contributed by atoms with van der Waals surface area (Å²) in [6.45, 7) is 0. The van der Waals surface area contributed by atoms with Crippen molar-refractivity contribution in [2.75, 3.05) is 5.32 Å². The molecule has 1 fully saturated rings. The number of nitrogens with zero attached hydrogens (tertiary/aromatic N) is 2. The van der Waals surface area contributed by atoms with Gasteiger partial charge in [-0.3, -0.25) is 14.8 Å². The van der Waals surface area contributed by atoms with Crippen LogP contribution in [-0.2, 0) is 4.79 Å². The molecule has 6 rings (SSSR count). The molecule has 5 aromatic rings. The number of nitrogen functional groups attached to an aromatic ring is 1. The molecule has 1 atom stereocenters. The molecule has 0 bridgehead atoms. The number of benzene rings is 3. The largest absolute Gasteiger partial charge is 0.384 e. The lowest BCUT2D eigenvalue weighted by Crippen LogP contribution is -2.21. The Morgan fingerprint density at radius 1 is 1.14 bits per heavy atom. The average molecular weight is 463 g/mol. The van der Waals surface area contributed by atoms with E-state index in [-0.39, 0.29) is 17.7 Å². The highest BCUT2D eigenvalue weighted by Gasteiger charge is 2.32. The predicted molar refractivity (Wildman–Crippen MR) is 139 cm³/mol. The van der Waals surface area contributed by atoms with Crippen LogP contribution in [0.5, 0.6) is 0 Å². The molecule has 2 aromatic heterocycles. The van der Waals surface area contributed by atoms with E-state index in [4.69, 9.17) is 11.1 Å². The number of nitrogens with one attached hydrogen (secondary N) is 3. The number of amidine groups is 1. The molecule has 7 heteroatoms. The lowest BCUT2D eigenvalue weighted by atomic mass is 9.91. The maximum absolute atomic E-state index is 13.5. The molecular weight excluding hydrogens is 436 g/mol. The Balaban J connectivity index is 1.27. The highest BCUT2D eigenvalue weighted by Crippen LogP contribution is 2.41. The zero-order chi connectivity index (χ0) is 23.9. The van der Waals surface area contributed by atoms with Crippen LogP contribution in [0.3, 0.4) is 0 Å². The van der Waals surface area contributed by atoms with Crippen molar-refractivity contribution in [2.24, 2.45) is 11.7 Å². The molecule has 1 unspecified atom stereocenters. The van der Waals surface area contributed by atoms with Gasteiger partial charge in [-0.15, -0.1) is 0 Å². The molecule has 1 aliphatic carbocycles. The summed E-state index contributed by atoms with van der Waals surface area (Å²) in [6, 6.07) is 21.5. The van der Waals surface area contributed by atoms with Crippen LogP contribution in [0.1, 0.15) is 36.3 Å². The van der Waals surface area contributed by atoms with Gasteiger partial charge in [-0.2, -0.15) is 0 Å². The minimum atomic E-state index is -0.282. The molecule has 1 saturated carbocycles. The lowest BCUT2D eigenvalue weighted by Gasteiger charge is -2.17. The number of anilines is 1. The van der Waals surface area contributed by atoms with Crippen LogP contribution >= 0.6 is 0 Å². The van der Waals surface area contributed by atoms with Gasteiger partial charge in [-0.1, -0.05) is 25.0 Å². The Kier molecular flexibility index (Phi) is 5.10. The second kappa shape index (κ2) is 8.43. The van der Waals surface area contributed by atoms with Crippen molar-refractivity contribution in [2.45, 2.75) is 25.2 Å². The van der Waals surface area contributed by atoms with E-state index < -0.39 is 0 Å². The van der Waals surface area contributed by atoms with Crippen LogP contribution in [0, 0.1) is 11.3 Å². The molecule has 1 aliphatic rings. The van der Waals surface area contributed by atoms with E-state index in [1.165, 1.54) is 12.8 Å². The number of aromatic amines is 1. The van der Waals surface area contributed by atoms with Gasteiger partial charge >= 0.3 is 0 Å². The Labute approximate surface area is 202 Å². The third kappa shape index (κ3) is 4.05. The van der Waals surface area contributed by atoms with Crippen molar-refractivity contribution >= 4 is 39.4 Å². The number of nitrogens with two attached hydrogens (primary N) is 1. The van der Waals surface area contributed by atoms with E-state index in [9.17, 15) is 4.79 Å². The molecule has 0 saturated heterocycles. The number of H-pyrrole nitrogens is 1. The smallest absolute Gasteiger partial charge is 0.232 e. The monoisotopic (exact) mass is 462 g/mol. The van der Waals surface area contributed by atoms with Gasteiger partial charge in [-0.05, 0) is 72.5 Å². The van der Waals surface area contributed by atoms with Crippen LogP contribution in [0.2, 0.25) is 0 Å². The molecule has 3 aromatic carbocycles. The maximum Gasteiger partial charge on any atom is 0.232 e. The number of rotatable bonds is 7. The fraction of sp³-hybridized carbons (Fsp3) is 0.179. The van der Waals surface area contributed by atoms with Crippen LogP contribution in [0.15, 0.2) is 79.3 Å². The fourth-order valence-corrected chi connectivity index (χ4v) is 4.76.